The minimum atomic E-state index is -0.738. The van der Waals surface area contributed by atoms with Gasteiger partial charge in [0.05, 0.1) is 7.11 Å². The number of hydrogen-bond acceptors (Lipinski definition) is 7. The van der Waals surface area contributed by atoms with E-state index in [1.807, 2.05) is 6.92 Å². The van der Waals surface area contributed by atoms with Gasteiger partial charge in [-0.05, 0) is 48.9 Å². The Hall–Kier alpha value is -3.59. The lowest BCUT2D eigenvalue weighted by molar-refractivity contribution is 0.0997. The summed E-state index contributed by atoms with van der Waals surface area (Å²) in [4.78, 5) is 28.4. The molecular formula is C19H19N5O3S. The van der Waals surface area contributed by atoms with Crippen molar-refractivity contribution in [2.45, 2.75) is 6.92 Å². The molecule has 2 amide bonds. The Bertz CT molecular complexity index is 1030. The van der Waals surface area contributed by atoms with Gasteiger partial charge in [0.1, 0.15) is 10.8 Å². The second-order valence-electron chi connectivity index (χ2n) is 5.94. The number of nitrogens with zero attached hydrogens (tertiary/aromatic N) is 1. The number of anilines is 4. The van der Waals surface area contributed by atoms with Crippen LogP contribution in [0, 0.1) is 6.92 Å². The fourth-order valence-corrected chi connectivity index (χ4v) is 3.27. The standard InChI is InChI=1S/C19H19N5O3S/c1-10-3-4-11(9-14(10)20)17(26)24-18-15(16(21)25)23-19(28-18)22-12-5-7-13(27-2)8-6-12/h3-9H,20H2,1-2H3,(H2,21,25)(H,22,23)(H,24,26). The van der Waals surface area contributed by atoms with Crippen LogP contribution in [-0.4, -0.2) is 23.9 Å². The number of nitrogen functional groups attached to an aromatic ring is 1. The zero-order valence-electron chi connectivity index (χ0n) is 15.3. The van der Waals surface area contributed by atoms with E-state index in [4.69, 9.17) is 16.2 Å². The van der Waals surface area contributed by atoms with Gasteiger partial charge in [0.15, 0.2) is 10.8 Å². The molecule has 0 unspecified atom stereocenters. The van der Waals surface area contributed by atoms with Crippen molar-refractivity contribution >= 4 is 44.7 Å². The Balaban J connectivity index is 1.82. The lowest BCUT2D eigenvalue weighted by Crippen LogP contribution is -2.17. The van der Waals surface area contributed by atoms with Crippen LogP contribution in [0.2, 0.25) is 0 Å². The molecule has 0 bridgehead atoms. The number of methoxy groups -OCH3 is 1. The number of nitrogens with two attached hydrogens (primary N) is 2. The summed E-state index contributed by atoms with van der Waals surface area (Å²) in [5, 5.41) is 6.42. The van der Waals surface area contributed by atoms with Crippen molar-refractivity contribution < 1.29 is 14.3 Å². The van der Waals surface area contributed by atoms with Crippen molar-refractivity contribution in [2.75, 3.05) is 23.5 Å². The summed E-state index contributed by atoms with van der Waals surface area (Å²) >= 11 is 1.11. The van der Waals surface area contributed by atoms with Gasteiger partial charge in [0.25, 0.3) is 11.8 Å². The monoisotopic (exact) mass is 397 g/mol. The summed E-state index contributed by atoms with van der Waals surface area (Å²) in [6.45, 7) is 1.85. The van der Waals surface area contributed by atoms with Gasteiger partial charge in [-0.25, -0.2) is 4.98 Å². The number of hydrogen-bond donors (Lipinski definition) is 4. The number of benzene rings is 2. The number of carbonyl (C=O) groups excluding carboxylic acids is 2. The maximum absolute atomic E-state index is 12.5. The molecule has 0 aliphatic rings. The third-order valence-electron chi connectivity index (χ3n) is 3.97. The highest BCUT2D eigenvalue weighted by molar-refractivity contribution is 7.20. The van der Waals surface area contributed by atoms with Gasteiger partial charge < -0.3 is 26.8 Å². The van der Waals surface area contributed by atoms with Gasteiger partial charge in [-0.1, -0.05) is 17.4 Å². The van der Waals surface area contributed by atoms with E-state index in [1.165, 1.54) is 0 Å². The van der Waals surface area contributed by atoms with E-state index < -0.39 is 11.8 Å². The molecule has 0 saturated heterocycles. The molecule has 1 heterocycles. The van der Waals surface area contributed by atoms with Crippen LogP contribution < -0.4 is 26.8 Å². The number of aromatic nitrogens is 1. The van der Waals surface area contributed by atoms with E-state index in [0.29, 0.717) is 22.1 Å². The normalized spacial score (nSPS) is 10.4. The van der Waals surface area contributed by atoms with Crippen LogP contribution in [0.3, 0.4) is 0 Å². The predicted molar refractivity (Wildman–Crippen MR) is 110 cm³/mol. The molecule has 0 aliphatic carbocycles. The zero-order valence-corrected chi connectivity index (χ0v) is 16.1. The summed E-state index contributed by atoms with van der Waals surface area (Å²) in [5.41, 5.74) is 13.7. The van der Waals surface area contributed by atoms with E-state index in [2.05, 4.69) is 15.6 Å². The number of carbonyl (C=O) groups is 2. The van der Waals surface area contributed by atoms with Crippen LogP contribution in [0.25, 0.3) is 0 Å². The number of primary amides is 1. The van der Waals surface area contributed by atoms with E-state index in [9.17, 15) is 9.59 Å². The lowest BCUT2D eigenvalue weighted by Gasteiger charge is -2.06. The highest BCUT2D eigenvalue weighted by atomic mass is 32.1. The van der Waals surface area contributed by atoms with Gasteiger partial charge in [-0.15, -0.1) is 0 Å². The van der Waals surface area contributed by atoms with Gasteiger partial charge in [0, 0.05) is 16.9 Å². The van der Waals surface area contributed by atoms with Gasteiger partial charge in [-0.2, -0.15) is 0 Å². The Kier molecular flexibility index (Phi) is 5.46. The summed E-state index contributed by atoms with van der Waals surface area (Å²) in [7, 11) is 1.58. The van der Waals surface area contributed by atoms with E-state index in [-0.39, 0.29) is 10.7 Å². The summed E-state index contributed by atoms with van der Waals surface area (Å²) in [6.07, 6.45) is 0. The molecule has 6 N–H and O–H groups in total. The average Bonchev–Trinajstić information content (AvgIpc) is 3.07. The lowest BCUT2D eigenvalue weighted by atomic mass is 10.1. The second-order valence-corrected chi connectivity index (χ2v) is 6.94. The molecule has 144 valence electrons. The number of thiazole rings is 1. The first-order valence-corrected chi connectivity index (χ1v) is 9.08. The van der Waals surface area contributed by atoms with Gasteiger partial charge in [0.2, 0.25) is 0 Å². The maximum Gasteiger partial charge on any atom is 0.270 e. The summed E-state index contributed by atoms with van der Waals surface area (Å²) in [6, 6.07) is 12.2. The first-order valence-electron chi connectivity index (χ1n) is 8.26. The smallest absolute Gasteiger partial charge is 0.270 e. The highest BCUT2D eigenvalue weighted by Gasteiger charge is 2.19. The fraction of sp³-hybridized carbons (Fsp3) is 0.105. The maximum atomic E-state index is 12.5. The molecule has 28 heavy (non-hydrogen) atoms. The fourth-order valence-electron chi connectivity index (χ4n) is 2.38. The molecule has 0 saturated carbocycles. The zero-order chi connectivity index (χ0) is 20.3. The van der Waals surface area contributed by atoms with Crippen molar-refractivity contribution in [3.05, 3.63) is 59.3 Å². The van der Waals surface area contributed by atoms with E-state index >= 15 is 0 Å². The second kappa shape index (κ2) is 7.97. The third kappa shape index (κ3) is 4.21. The minimum absolute atomic E-state index is 0.0190. The third-order valence-corrected chi connectivity index (χ3v) is 4.86. The van der Waals surface area contributed by atoms with Crippen molar-refractivity contribution in [2.24, 2.45) is 5.73 Å². The van der Waals surface area contributed by atoms with Crippen LogP contribution in [0.4, 0.5) is 21.5 Å². The molecule has 1 aromatic heterocycles. The number of rotatable bonds is 6. The molecule has 8 nitrogen and oxygen atoms in total. The number of nitrogens with one attached hydrogen (secondary N) is 2. The average molecular weight is 397 g/mol. The first-order chi connectivity index (χ1) is 13.4. The quantitative estimate of drug-likeness (QED) is 0.472. The molecule has 9 heteroatoms. The molecular weight excluding hydrogens is 378 g/mol. The molecule has 0 radical (unpaired) electrons. The predicted octanol–water partition coefficient (Wildman–Crippen LogP) is 3.14. The molecule has 0 aliphatic heterocycles. The summed E-state index contributed by atoms with van der Waals surface area (Å²) < 4.78 is 5.12. The Morgan fingerprint density at radius 1 is 1.14 bits per heavy atom. The Morgan fingerprint density at radius 2 is 1.86 bits per heavy atom. The number of aryl methyl sites for hydroxylation is 1. The molecule has 0 atom stereocenters. The molecule has 3 rings (SSSR count). The van der Waals surface area contributed by atoms with E-state index in [1.54, 1.807) is 49.6 Å². The highest BCUT2D eigenvalue weighted by Crippen LogP contribution is 2.31. The van der Waals surface area contributed by atoms with Crippen LogP contribution in [0.5, 0.6) is 5.75 Å². The largest absolute Gasteiger partial charge is 0.497 e. The Morgan fingerprint density at radius 3 is 2.46 bits per heavy atom. The number of ether oxygens (including phenoxy) is 1. The van der Waals surface area contributed by atoms with Gasteiger partial charge in [-0.3, -0.25) is 9.59 Å². The van der Waals surface area contributed by atoms with Crippen LogP contribution in [-0.2, 0) is 0 Å². The van der Waals surface area contributed by atoms with Crippen molar-refractivity contribution in [1.29, 1.82) is 0 Å². The molecule has 3 aromatic rings. The van der Waals surface area contributed by atoms with Crippen LogP contribution in [0.15, 0.2) is 42.5 Å². The molecule has 0 spiro atoms. The first kappa shape index (κ1) is 19.2. The topological polar surface area (TPSA) is 132 Å². The SMILES string of the molecule is COc1ccc(Nc2nc(C(N)=O)c(NC(=O)c3ccc(C)c(N)c3)s2)cc1. The molecule has 2 aromatic carbocycles. The Labute approximate surface area is 165 Å². The molecule has 0 fully saturated rings. The van der Waals surface area contributed by atoms with Crippen LogP contribution in [0.1, 0.15) is 26.4 Å². The van der Waals surface area contributed by atoms with Crippen molar-refractivity contribution in [3.8, 4) is 5.75 Å². The minimum Gasteiger partial charge on any atom is -0.497 e. The summed E-state index contributed by atoms with van der Waals surface area (Å²) in [5.74, 6) is -0.431. The number of amides is 2. The van der Waals surface area contributed by atoms with Crippen molar-refractivity contribution in [1.82, 2.24) is 4.98 Å². The van der Waals surface area contributed by atoms with Crippen molar-refractivity contribution in [3.63, 3.8) is 0 Å². The van der Waals surface area contributed by atoms with Crippen LogP contribution >= 0.6 is 11.3 Å². The van der Waals surface area contributed by atoms with E-state index in [0.717, 1.165) is 22.6 Å². The van der Waals surface area contributed by atoms with Gasteiger partial charge >= 0.3 is 0 Å².